The zero-order chi connectivity index (χ0) is 48.0. The van der Waals surface area contributed by atoms with E-state index in [0.29, 0.717) is 35.0 Å². The Hall–Kier alpha value is -6.51. The van der Waals surface area contributed by atoms with Crippen molar-refractivity contribution in [3.8, 4) is 33.5 Å². The van der Waals surface area contributed by atoms with Crippen LogP contribution in [-0.4, -0.2) is 92.1 Å². The molecule has 0 bridgehead atoms. The van der Waals surface area contributed by atoms with E-state index in [9.17, 15) is 24.0 Å². The van der Waals surface area contributed by atoms with Crippen LogP contribution in [0.3, 0.4) is 0 Å². The minimum absolute atomic E-state index is 0.0595. The van der Waals surface area contributed by atoms with Crippen LogP contribution < -0.4 is 16.2 Å². The molecule has 4 aliphatic carbocycles. The molecule has 5 aromatic rings. The van der Waals surface area contributed by atoms with Gasteiger partial charge in [-0.3, -0.25) is 14.4 Å². The lowest BCUT2D eigenvalue weighted by Crippen LogP contribution is -2.52. The number of methoxy groups -OCH3 is 2. The van der Waals surface area contributed by atoms with Crippen molar-refractivity contribution < 1.29 is 28.7 Å². The fourth-order valence-corrected chi connectivity index (χ4v) is 12.6. The zero-order valence-electron chi connectivity index (χ0n) is 40.3. The van der Waals surface area contributed by atoms with E-state index in [4.69, 9.17) is 19.4 Å². The highest BCUT2D eigenvalue weighted by atomic mass is 16.5. The van der Waals surface area contributed by atoms with Crippen molar-refractivity contribution in [1.82, 2.24) is 40.4 Å². The first-order valence-corrected chi connectivity index (χ1v) is 24.9. The van der Waals surface area contributed by atoms with Gasteiger partial charge in [0.1, 0.15) is 23.7 Å². The van der Waals surface area contributed by atoms with Gasteiger partial charge >= 0.3 is 12.2 Å². The van der Waals surface area contributed by atoms with Gasteiger partial charge in [-0.25, -0.2) is 19.6 Å². The third kappa shape index (κ3) is 7.95. The number of carbonyl (C=O) groups excluding carboxylic acids is 4. The summed E-state index contributed by atoms with van der Waals surface area (Å²) < 4.78 is 9.67. The van der Waals surface area contributed by atoms with Gasteiger partial charge in [-0.15, -0.1) is 0 Å². The number of H-pyrrole nitrogens is 2. The van der Waals surface area contributed by atoms with Gasteiger partial charge in [0.15, 0.2) is 0 Å². The number of hydrogen-bond acceptors (Lipinski definition) is 9. The maximum Gasteiger partial charge on any atom is 0.407 e. The van der Waals surface area contributed by atoms with Gasteiger partial charge in [-0.2, -0.15) is 0 Å². The topological polar surface area (TPSA) is 192 Å². The molecular formula is C54H62N8O7. The number of nitrogens with one attached hydrogen (secondary N) is 4. The summed E-state index contributed by atoms with van der Waals surface area (Å²) in [6, 6.07) is 17.3. The molecule has 6 aliphatic rings. The molecule has 360 valence electrons. The van der Waals surface area contributed by atoms with Crippen molar-refractivity contribution in [1.29, 1.82) is 0 Å². The number of imidazole rings is 1. The standard InChI is InChI=1S/C54H62N8O7/c1-27(2)45(58-52(66)68-5)50(64)61-41-20-32(41)22-43(61)47-55-26-40(57-47)30-11-9-29(10-12-30)34-14-15-35(38-25-54(24-37(34)38)17-7-8-18-54)31-13-16-39-36(19-31)49(63)60-48(56-39)44-23-33-21-42(33)62(44)51(65)46(28(3)4)59-53(67)69-6/h9-16,19,26-28,32-33,41-46H,7-8,17-18,20-25H2,1-6H3,(H,55,57)(H,58,66)(H,59,67)(H,56,60,63)/t32?,33?,41?,42?,43-,44-,45-,46-/m0/s1. The van der Waals surface area contributed by atoms with Crippen LogP contribution in [-0.2, 0) is 31.9 Å². The second kappa shape index (κ2) is 17.2. The lowest BCUT2D eigenvalue weighted by molar-refractivity contribution is -0.137. The minimum Gasteiger partial charge on any atom is -0.453 e. The number of likely N-dealkylation sites (tertiary alicyclic amines) is 2. The summed E-state index contributed by atoms with van der Waals surface area (Å²) in [6.45, 7) is 7.64. The maximum atomic E-state index is 14.0. The van der Waals surface area contributed by atoms with Crippen LogP contribution in [0.5, 0.6) is 0 Å². The molecule has 1 spiro atoms. The number of benzene rings is 3. The quantitative estimate of drug-likeness (QED) is 0.101. The summed E-state index contributed by atoms with van der Waals surface area (Å²) in [6.07, 6.45) is 10.9. The monoisotopic (exact) mass is 934 g/mol. The summed E-state index contributed by atoms with van der Waals surface area (Å²) >= 11 is 0. The number of aromatic nitrogens is 4. The molecule has 2 saturated heterocycles. The number of hydrogen-bond donors (Lipinski definition) is 4. The lowest BCUT2D eigenvalue weighted by atomic mass is 9.82. The second-order valence-electron chi connectivity index (χ2n) is 21.5. The van der Waals surface area contributed by atoms with Gasteiger partial charge in [0.25, 0.3) is 5.56 Å². The molecule has 3 aromatic carbocycles. The molecule has 4 amide bonds. The predicted molar refractivity (Wildman–Crippen MR) is 260 cm³/mol. The summed E-state index contributed by atoms with van der Waals surface area (Å²) in [7, 11) is 2.59. The van der Waals surface area contributed by atoms with Crippen molar-refractivity contribution in [2.75, 3.05) is 14.2 Å². The van der Waals surface area contributed by atoms with Gasteiger partial charge < -0.3 is 39.9 Å². The Kier molecular flexibility index (Phi) is 11.2. The fraction of sp³-hybridized carbons (Fsp3) is 0.500. The number of carbonyl (C=O) groups is 4. The van der Waals surface area contributed by atoms with Crippen LogP contribution in [0.25, 0.3) is 44.4 Å². The third-order valence-electron chi connectivity index (χ3n) is 16.5. The molecule has 15 heteroatoms. The highest BCUT2D eigenvalue weighted by Crippen LogP contribution is 2.56. The van der Waals surface area contributed by atoms with E-state index in [2.05, 4.69) is 63.1 Å². The van der Waals surface area contributed by atoms with E-state index in [1.54, 1.807) is 0 Å². The first-order valence-electron chi connectivity index (χ1n) is 24.9. The van der Waals surface area contributed by atoms with Crippen molar-refractivity contribution >= 4 is 34.9 Å². The molecule has 4 N–H and O–H groups in total. The van der Waals surface area contributed by atoms with Crippen molar-refractivity contribution in [3.05, 3.63) is 93.9 Å². The third-order valence-corrected chi connectivity index (χ3v) is 16.5. The van der Waals surface area contributed by atoms with Crippen molar-refractivity contribution in [2.45, 2.75) is 128 Å². The van der Waals surface area contributed by atoms with Gasteiger partial charge in [-0.1, -0.05) is 83.0 Å². The fourth-order valence-electron chi connectivity index (χ4n) is 12.6. The maximum absolute atomic E-state index is 14.0. The molecule has 15 nitrogen and oxygen atoms in total. The molecule has 2 aromatic heterocycles. The Labute approximate surface area is 401 Å². The predicted octanol–water partition coefficient (Wildman–Crippen LogP) is 8.39. The number of nitrogens with zero attached hydrogens (tertiary/aromatic N) is 4. The molecule has 4 heterocycles. The van der Waals surface area contributed by atoms with Crippen molar-refractivity contribution in [2.24, 2.45) is 29.1 Å². The molecule has 4 unspecified atom stereocenters. The molecular weight excluding hydrogens is 873 g/mol. The number of ether oxygens (including phenoxy) is 2. The molecule has 8 atom stereocenters. The number of alkyl carbamates (subject to hydrolysis) is 2. The Morgan fingerprint density at radius 3 is 1.75 bits per heavy atom. The van der Waals surface area contributed by atoms with Crippen LogP contribution in [0.2, 0.25) is 0 Å². The first-order chi connectivity index (χ1) is 33.2. The summed E-state index contributed by atoms with van der Waals surface area (Å²) in [5, 5.41) is 5.99. The van der Waals surface area contributed by atoms with Gasteiger partial charge in [0.05, 0.1) is 49.1 Å². The van der Waals surface area contributed by atoms with E-state index >= 15 is 0 Å². The largest absolute Gasteiger partial charge is 0.453 e. The number of piperidine rings is 2. The second-order valence-corrected chi connectivity index (χ2v) is 21.5. The number of aromatic amines is 2. The summed E-state index contributed by atoms with van der Waals surface area (Å²) in [5.41, 5.74) is 9.71. The van der Waals surface area contributed by atoms with E-state index in [0.717, 1.165) is 65.9 Å². The average molecular weight is 935 g/mol. The molecule has 5 fully saturated rings. The lowest BCUT2D eigenvalue weighted by Gasteiger charge is -2.32. The van der Waals surface area contributed by atoms with Crippen LogP contribution in [0.4, 0.5) is 9.59 Å². The van der Waals surface area contributed by atoms with Gasteiger partial charge in [0.2, 0.25) is 11.8 Å². The highest BCUT2D eigenvalue weighted by Gasteiger charge is 2.57. The molecule has 2 aliphatic heterocycles. The van der Waals surface area contributed by atoms with Gasteiger partial charge in [0, 0.05) is 12.1 Å². The molecule has 0 radical (unpaired) electrons. The van der Waals surface area contributed by atoms with E-state index in [1.807, 2.05) is 55.8 Å². The Morgan fingerprint density at radius 1 is 0.681 bits per heavy atom. The van der Waals surface area contributed by atoms with Crippen LogP contribution in [0.1, 0.15) is 114 Å². The molecule has 11 rings (SSSR count). The average Bonchev–Trinajstić information content (AvgIpc) is 3.82. The number of amides is 4. The Balaban J connectivity index is 0.857. The van der Waals surface area contributed by atoms with E-state index < -0.39 is 30.3 Å². The van der Waals surface area contributed by atoms with Crippen LogP contribution >= 0.6 is 0 Å². The van der Waals surface area contributed by atoms with Gasteiger partial charge in [-0.05, 0) is 132 Å². The molecule has 69 heavy (non-hydrogen) atoms. The summed E-state index contributed by atoms with van der Waals surface area (Å²) in [5.74, 6) is 1.45. The van der Waals surface area contributed by atoms with Crippen LogP contribution in [0.15, 0.2) is 65.6 Å². The Bertz CT molecular complexity index is 2940. The minimum atomic E-state index is -0.760. The number of rotatable bonds is 11. The van der Waals surface area contributed by atoms with E-state index in [-0.39, 0.29) is 52.7 Å². The summed E-state index contributed by atoms with van der Waals surface area (Å²) in [4.78, 5) is 86.6. The normalized spacial score (nSPS) is 24.6. The zero-order valence-corrected chi connectivity index (χ0v) is 40.3. The molecule has 3 saturated carbocycles. The highest BCUT2D eigenvalue weighted by molar-refractivity contribution is 5.89. The van der Waals surface area contributed by atoms with Crippen LogP contribution in [0, 0.1) is 29.1 Å². The van der Waals surface area contributed by atoms with Crippen molar-refractivity contribution in [3.63, 3.8) is 0 Å². The SMILES string of the molecule is COC(=O)N[C@H](C(=O)N1C2CC2C[C@H]1c1ncc(-c2ccc(-c3ccc(-c4ccc5nc([C@@H]6CC7CC7N6C(=O)[C@@H](NC(=O)OC)C(C)C)[nH]c(=O)c5c4)c4c3CC3(CCCC3)C4)cc2)[nH]1)C(C)C. The first kappa shape index (κ1) is 45.0. The van der Waals surface area contributed by atoms with E-state index in [1.165, 1.54) is 56.6 Å². The smallest absolute Gasteiger partial charge is 0.407 e. The number of fused-ring (bicyclic) bond motifs is 4. The Morgan fingerprint density at radius 2 is 1.20 bits per heavy atom.